The van der Waals surface area contributed by atoms with Crippen LogP contribution in [0.15, 0.2) is 24.3 Å². The number of rotatable bonds is 8. The van der Waals surface area contributed by atoms with Crippen molar-refractivity contribution >= 4 is 23.3 Å². The Morgan fingerprint density at radius 1 is 1.42 bits per heavy atom. The van der Waals surface area contributed by atoms with Gasteiger partial charge in [0, 0.05) is 19.2 Å². The van der Waals surface area contributed by atoms with Crippen molar-refractivity contribution in [2.45, 2.75) is 31.4 Å². The van der Waals surface area contributed by atoms with Crippen LogP contribution in [0.2, 0.25) is 0 Å². The normalized spacial score (nSPS) is 18.1. The van der Waals surface area contributed by atoms with Gasteiger partial charge in [-0.15, -0.1) is 0 Å². The van der Waals surface area contributed by atoms with E-state index in [0.717, 1.165) is 12.8 Å². The largest absolute Gasteiger partial charge is 0.480 e. The van der Waals surface area contributed by atoms with E-state index in [2.05, 4.69) is 10.6 Å². The Morgan fingerprint density at radius 3 is 2.79 bits per heavy atom. The van der Waals surface area contributed by atoms with Gasteiger partial charge in [-0.1, -0.05) is 12.1 Å². The van der Waals surface area contributed by atoms with Crippen molar-refractivity contribution in [1.29, 1.82) is 0 Å². The highest BCUT2D eigenvalue weighted by Gasteiger charge is 2.24. The molecule has 2 atom stereocenters. The lowest BCUT2D eigenvalue weighted by Gasteiger charge is -2.17. The van der Waals surface area contributed by atoms with Crippen molar-refractivity contribution in [2.24, 2.45) is 0 Å². The molecule has 0 aliphatic carbocycles. The average Bonchev–Trinajstić information content (AvgIpc) is 3.04. The van der Waals surface area contributed by atoms with Crippen LogP contribution >= 0.6 is 0 Å². The molecule has 9 nitrogen and oxygen atoms in total. The molecule has 0 saturated carbocycles. The molecular formula is C15H19N3O6. The minimum atomic E-state index is -1.16. The zero-order valence-corrected chi connectivity index (χ0v) is 12.9. The van der Waals surface area contributed by atoms with Crippen LogP contribution in [0.4, 0.5) is 11.4 Å². The third-order valence-corrected chi connectivity index (χ3v) is 3.68. The highest BCUT2D eigenvalue weighted by Crippen LogP contribution is 2.23. The van der Waals surface area contributed by atoms with E-state index in [0.29, 0.717) is 13.2 Å². The quantitative estimate of drug-likeness (QED) is 0.479. The molecule has 0 radical (unpaired) electrons. The van der Waals surface area contributed by atoms with E-state index in [1.54, 1.807) is 6.07 Å². The van der Waals surface area contributed by atoms with Crippen LogP contribution in [-0.2, 0) is 14.3 Å². The Balaban J connectivity index is 1.93. The number of nitro groups is 1. The number of nitrogens with zero attached hydrogens (tertiary/aromatic N) is 1. The highest BCUT2D eigenvalue weighted by atomic mass is 16.6. The monoisotopic (exact) mass is 337 g/mol. The van der Waals surface area contributed by atoms with Gasteiger partial charge in [-0.05, 0) is 18.9 Å². The Labute approximate surface area is 138 Å². The molecule has 0 aromatic heterocycles. The molecule has 1 amide bonds. The molecule has 3 N–H and O–H groups in total. The van der Waals surface area contributed by atoms with E-state index in [1.807, 2.05) is 0 Å². The first-order valence-electron chi connectivity index (χ1n) is 7.58. The van der Waals surface area contributed by atoms with Crippen LogP contribution in [0.5, 0.6) is 0 Å². The van der Waals surface area contributed by atoms with E-state index in [1.165, 1.54) is 18.2 Å². The maximum Gasteiger partial charge on any atom is 0.321 e. The number of nitrogens with one attached hydrogen (secondary N) is 2. The molecule has 1 fully saturated rings. The van der Waals surface area contributed by atoms with Crippen LogP contribution in [0.25, 0.3) is 0 Å². The second-order valence-electron chi connectivity index (χ2n) is 5.46. The zero-order chi connectivity index (χ0) is 17.5. The Morgan fingerprint density at radius 2 is 2.17 bits per heavy atom. The first-order valence-corrected chi connectivity index (χ1v) is 7.58. The number of carboxylic acid groups (broad SMARTS) is 1. The van der Waals surface area contributed by atoms with Gasteiger partial charge in [0.1, 0.15) is 11.7 Å². The summed E-state index contributed by atoms with van der Waals surface area (Å²) in [6.07, 6.45) is 1.39. The fourth-order valence-corrected chi connectivity index (χ4v) is 2.45. The molecule has 2 rings (SSSR count). The van der Waals surface area contributed by atoms with Gasteiger partial charge in [0.25, 0.3) is 5.69 Å². The standard InChI is InChI=1S/C15H19N3O6/c19-14(17-11-5-1-2-6-13(11)18(22)23)8-12(15(20)21)16-9-10-4-3-7-24-10/h1-2,5-6,10,12,16H,3-4,7-9H2,(H,17,19)(H,20,21). The number of hydrogen-bond acceptors (Lipinski definition) is 6. The molecule has 1 heterocycles. The third kappa shape index (κ3) is 5.00. The van der Waals surface area contributed by atoms with Crippen LogP contribution in [0.3, 0.4) is 0 Å². The summed E-state index contributed by atoms with van der Waals surface area (Å²) in [6.45, 7) is 0.998. The lowest BCUT2D eigenvalue weighted by molar-refractivity contribution is -0.383. The van der Waals surface area contributed by atoms with Gasteiger partial charge >= 0.3 is 5.97 Å². The van der Waals surface area contributed by atoms with Crippen LogP contribution in [-0.4, -0.2) is 47.2 Å². The Bertz CT molecular complexity index is 615. The number of anilines is 1. The second-order valence-corrected chi connectivity index (χ2v) is 5.46. The molecule has 1 saturated heterocycles. The summed E-state index contributed by atoms with van der Waals surface area (Å²) in [5.74, 6) is -1.78. The van der Waals surface area contributed by atoms with E-state index in [-0.39, 0.29) is 23.9 Å². The van der Waals surface area contributed by atoms with Gasteiger partial charge in [0.05, 0.1) is 17.4 Å². The van der Waals surface area contributed by atoms with Gasteiger partial charge in [-0.3, -0.25) is 19.7 Å². The summed E-state index contributed by atoms with van der Waals surface area (Å²) < 4.78 is 5.39. The fraction of sp³-hybridized carbons (Fsp3) is 0.467. The van der Waals surface area contributed by atoms with Crippen molar-refractivity contribution in [3.63, 3.8) is 0 Å². The molecule has 1 aromatic rings. The number of carbonyl (C=O) groups excluding carboxylic acids is 1. The lowest BCUT2D eigenvalue weighted by atomic mass is 10.1. The summed E-state index contributed by atoms with van der Waals surface area (Å²) in [5, 5.41) is 25.3. The van der Waals surface area contributed by atoms with Crippen molar-refractivity contribution in [3.8, 4) is 0 Å². The first kappa shape index (κ1) is 17.8. The number of nitro benzene ring substituents is 1. The van der Waals surface area contributed by atoms with E-state index in [9.17, 15) is 24.8 Å². The maximum atomic E-state index is 12.0. The van der Waals surface area contributed by atoms with Crippen molar-refractivity contribution in [1.82, 2.24) is 5.32 Å². The second kappa shape index (κ2) is 8.37. The van der Waals surface area contributed by atoms with E-state index < -0.39 is 22.8 Å². The number of amides is 1. The maximum absolute atomic E-state index is 12.0. The molecule has 24 heavy (non-hydrogen) atoms. The molecule has 1 aromatic carbocycles. The minimum absolute atomic E-state index is 0.0377. The molecule has 0 bridgehead atoms. The van der Waals surface area contributed by atoms with Gasteiger partial charge < -0.3 is 20.5 Å². The number of ether oxygens (including phenoxy) is 1. The Hall–Kier alpha value is -2.52. The van der Waals surface area contributed by atoms with Gasteiger partial charge in [0.15, 0.2) is 0 Å². The molecule has 9 heteroatoms. The molecule has 0 spiro atoms. The lowest BCUT2D eigenvalue weighted by Crippen LogP contribution is -2.43. The van der Waals surface area contributed by atoms with Gasteiger partial charge in [-0.25, -0.2) is 0 Å². The number of hydrogen-bond donors (Lipinski definition) is 3. The highest BCUT2D eigenvalue weighted by molar-refractivity contribution is 5.95. The smallest absolute Gasteiger partial charge is 0.321 e. The summed E-state index contributed by atoms with van der Waals surface area (Å²) in [4.78, 5) is 33.6. The molecule has 1 aliphatic heterocycles. The van der Waals surface area contributed by atoms with Crippen LogP contribution in [0.1, 0.15) is 19.3 Å². The Kier molecular flexibility index (Phi) is 6.21. The van der Waals surface area contributed by atoms with Crippen LogP contribution < -0.4 is 10.6 Å². The summed E-state index contributed by atoms with van der Waals surface area (Å²) in [7, 11) is 0. The number of carboxylic acids is 1. The van der Waals surface area contributed by atoms with Gasteiger partial charge in [-0.2, -0.15) is 0 Å². The number of para-hydroxylation sites is 2. The molecule has 1 aliphatic rings. The average molecular weight is 337 g/mol. The predicted octanol–water partition coefficient (Wildman–Crippen LogP) is 1.15. The predicted molar refractivity (Wildman–Crippen MR) is 84.7 cm³/mol. The zero-order valence-electron chi connectivity index (χ0n) is 12.9. The van der Waals surface area contributed by atoms with Crippen molar-refractivity contribution < 1.29 is 24.4 Å². The summed E-state index contributed by atoms with van der Waals surface area (Å²) in [6, 6.07) is 4.60. The SMILES string of the molecule is O=C(CC(NCC1CCCO1)C(=O)O)Nc1ccccc1[N+](=O)[O-]. The topological polar surface area (TPSA) is 131 Å². The minimum Gasteiger partial charge on any atom is -0.480 e. The number of carbonyl (C=O) groups is 2. The fourth-order valence-electron chi connectivity index (χ4n) is 2.45. The molecule has 2 unspecified atom stereocenters. The first-order chi connectivity index (χ1) is 11.5. The molecular weight excluding hydrogens is 318 g/mol. The molecule has 130 valence electrons. The summed E-state index contributed by atoms with van der Waals surface area (Å²) in [5.41, 5.74) is -0.208. The summed E-state index contributed by atoms with van der Waals surface area (Å²) >= 11 is 0. The van der Waals surface area contributed by atoms with Crippen molar-refractivity contribution in [2.75, 3.05) is 18.5 Å². The third-order valence-electron chi connectivity index (χ3n) is 3.68. The van der Waals surface area contributed by atoms with E-state index in [4.69, 9.17) is 4.74 Å². The van der Waals surface area contributed by atoms with Crippen LogP contribution in [0, 0.1) is 10.1 Å². The number of benzene rings is 1. The van der Waals surface area contributed by atoms with Gasteiger partial charge in [0.2, 0.25) is 5.91 Å². The van der Waals surface area contributed by atoms with E-state index >= 15 is 0 Å². The number of aliphatic carboxylic acids is 1. The van der Waals surface area contributed by atoms with Crippen molar-refractivity contribution in [3.05, 3.63) is 34.4 Å².